The summed E-state index contributed by atoms with van der Waals surface area (Å²) in [6.45, 7) is 5.32. The van der Waals surface area contributed by atoms with Crippen molar-refractivity contribution in [2.24, 2.45) is 5.92 Å². The summed E-state index contributed by atoms with van der Waals surface area (Å²) in [7, 11) is 0. The first-order valence-electron chi connectivity index (χ1n) is 7.88. The molecule has 2 rings (SSSR count). The SMILES string of the molecule is CCOC(=O)N1CCC(C(=O)NC(C)c2ccccc2)CC1. The molecule has 1 unspecified atom stereocenters. The lowest BCUT2D eigenvalue weighted by molar-refractivity contribution is -0.127. The first kappa shape index (κ1) is 16.3. The van der Waals surface area contributed by atoms with Gasteiger partial charge in [-0.05, 0) is 32.3 Å². The lowest BCUT2D eigenvalue weighted by Crippen LogP contribution is -2.43. The van der Waals surface area contributed by atoms with Gasteiger partial charge in [-0.1, -0.05) is 30.3 Å². The van der Waals surface area contributed by atoms with E-state index in [4.69, 9.17) is 4.74 Å². The molecule has 2 amide bonds. The fraction of sp³-hybridized carbons (Fsp3) is 0.529. The number of ether oxygens (including phenoxy) is 1. The van der Waals surface area contributed by atoms with Crippen molar-refractivity contribution in [3.8, 4) is 0 Å². The molecule has 120 valence electrons. The van der Waals surface area contributed by atoms with Gasteiger partial charge in [0.05, 0.1) is 12.6 Å². The fourth-order valence-corrected chi connectivity index (χ4v) is 2.70. The minimum Gasteiger partial charge on any atom is -0.450 e. The Bertz CT molecular complexity index is 496. The van der Waals surface area contributed by atoms with Crippen molar-refractivity contribution in [1.29, 1.82) is 0 Å². The number of hydrogen-bond acceptors (Lipinski definition) is 3. The number of amides is 2. The predicted molar refractivity (Wildman–Crippen MR) is 84.3 cm³/mol. The van der Waals surface area contributed by atoms with E-state index < -0.39 is 0 Å². The van der Waals surface area contributed by atoms with Gasteiger partial charge in [0.2, 0.25) is 5.91 Å². The minimum absolute atomic E-state index is 0.00298. The molecule has 0 radical (unpaired) electrons. The first-order valence-corrected chi connectivity index (χ1v) is 7.88. The molecule has 5 nitrogen and oxygen atoms in total. The summed E-state index contributed by atoms with van der Waals surface area (Å²) in [4.78, 5) is 25.7. The molecule has 0 aliphatic carbocycles. The van der Waals surface area contributed by atoms with Crippen LogP contribution in [0.5, 0.6) is 0 Å². The van der Waals surface area contributed by atoms with Crippen LogP contribution in [0.25, 0.3) is 0 Å². The Labute approximate surface area is 131 Å². The maximum absolute atomic E-state index is 12.3. The second-order valence-corrected chi connectivity index (χ2v) is 5.60. The van der Waals surface area contributed by atoms with Gasteiger partial charge in [0.1, 0.15) is 0 Å². The maximum atomic E-state index is 12.3. The van der Waals surface area contributed by atoms with Crippen molar-refractivity contribution >= 4 is 12.0 Å². The Hall–Kier alpha value is -2.04. The number of benzene rings is 1. The Morgan fingerprint density at radius 2 is 1.91 bits per heavy atom. The molecule has 1 aromatic rings. The summed E-state index contributed by atoms with van der Waals surface area (Å²) in [5.41, 5.74) is 1.10. The van der Waals surface area contributed by atoms with Crippen LogP contribution < -0.4 is 5.32 Å². The molecule has 1 aliphatic heterocycles. The molecule has 1 saturated heterocycles. The van der Waals surface area contributed by atoms with Crippen molar-refractivity contribution in [1.82, 2.24) is 10.2 Å². The summed E-state index contributed by atoms with van der Waals surface area (Å²) >= 11 is 0. The zero-order valence-electron chi connectivity index (χ0n) is 13.2. The second kappa shape index (κ2) is 7.82. The maximum Gasteiger partial charge on any atom is 0.409 e. The van der Waals surface area contributed by atoms with Gasteiger partial charge < -0.3 is 15.0 Å². The number of hydrogen-bond donors (Lipinski definition) is 1. The van der Waals surface area contributed by atoms with Crippen molar-refractivity contribution < 1.29 is 14.3 Å². The number of piperidine rings is 1. The molecular weight excluding hydrogens is 280 g/mol. The van der Waals surface area contributed by atoms with Gasteiger partial charge in [-0.25, -0.2) is 4.79 Å². The van der Waals surface area contributed by atoms with E-state index in [9.17, 15) is 9.59 Å². The topological polar surface area (TPSA) is 58.6 Å². The number of nitrogens with zero attached hydrogens (tertiary/aromatic N) is 1. The van der Waals surface area contributed by atoms with E-state index in [0.717, 1.165) is 5.56 Å². The number of likely N-dealkylation sites (tertiary alicyclic amines) is 1. The predicted octanol–water partition coefficient (Wildman–Crippen LogP) is 2.73. The van der Waals surface area contributed by atoms with Gasteiger partial charge in [-0.15, -0.1) is 0 Å². The largest absolute Gasteiger partial charge is 0.450 e. The summed E-state index contributed by atoms with van der Waals surface area (Å²) in [6, 6.07) is 9.91. The molecule has 1 aromatic carbocycles. The van der Waals surface area contributed by atoms with Crippen molar-refractivity contribution in [2.45, 2.75) is 32.7 Å². The molecule has 1 aliphatic rings. The normalized spacial score (nSPS) is 16.9. The van der Waals surface area contributed by atoms with E-state index in [0.29, 0.717) is 32.5 Å². The lowest BCUT2D eigenvalue weighted by Gasteiger charge is -2.31. The molecule has 0 bridgehead atoms. The van der Waals surface area contributed by atoms with Crippen LogP contribution in [0.1, 0.15) is 38.3 Å². The van der Waals surface area contributed by atoms with E-state index in [1.807, 2.05) is 37.3 Å². The van der Waals surface area contributed by atoms with Gasteiger partial charge in [0.25, 0.3) is 0 Å². The number of carbonyl (C=O) groups excluding carboxylic acids is 2. The zero-order valence-corrected chi connectivity index (χ0v) is 13.2. The average molecular weight is 304 g/mol. The van der Waals surface area contributed by atoms with Gasteiger partial charge in [-0.2, -0.15) is 0 Å². The smallest absolute Gasteiger partial charge is 0.409 e. The van der Waals surface area contributed by atoms with Crippen molar-refractivity contribution in [2.75, 3.05) is 19.7 Å². The van der Waals surface area contributed by atoms with Crippen LogP contribution in [0.3, 0.4) is 0 Å². The minimum atomic E-state index is -0.279. The van der Waals surface area contributed by atoms with Crippen LogP contribution in [0.15, 0.2) is 30.3 Å². The van der Waals surface area contributed by atoms with Gasteiger partial charge in [-0.3, -0.25) is 4.79 Å². The highest BCUT2D eigenvalue weighted by atomic mass is 16.6. The van der Waals surface area contributed by atoms with E-state index in [1.165, 1.54) is 0 Å². The van der Waals surface area contributed by atoms with Crippen molar-refractivity contribution in [3.63, 3.8) is 0 Å². The standard InChI is InChI=1S/C17H24N2O3/c1-3-22-17(21)19-11-9-15(10-12-19)16(20)18-13(2)14-7-5-4-6-8-14/h4-8,13,15H,3,9-12H2,1-2H3,(H,18,20). The van der Waals surface area contributed by atoms with Crippen LogP contribution in [-0.4, -0.2) is 36.6 Å². The third-order valence-corrected chi connectivity index (χ3v) is 4.05. The average Bonchev–Trinajstić information content (AvgIpc) is 2.56. The van der Waals surface area contributed by atoms with E-state index >= 15 is 0 Å². The monoisotopic (exact) mass is 304 g/mol. The number of carbonyl (C=O) groups is 2. The number of nitrogens with one attached hydrogen (secondary N) is 1. The quantitative estimate of drug-likeness (QED) is 0.930. The summed E-state index contributed by atoms with van der Waals surface area (Å²) in [6.07, 6.45) is 1.09. The lowest BCUT2D eigenvalue weighted by atomic mass is 9.95. The molecule has 1 atom stereocenters. The van der Waals surface area contributed by atoms with Gasteiger partial charge in [0.15, 0.2) is 0 Å². The Morgan fingerprint density at radius 3 is 2.50 bits per heavy atom. The molecule has 1 N–H and O–H groups in total. The Kier molecular flexibility index (Phi) is 5.81. The third-order valence-electron chi connectivity index (χ3n) is 4.05. The zero-order chi connectivity index (χ0) is 15.9. The van der Waals surface area contributed by atoms with Gasteiger partial charge >= 0.3 is 6.09 Å². The van der Waals surface area contributed by atoms with Crippen LogP contribution in [-0.2, 0) is 9.53 Å². The molecule has 0 saturated carbocycles. The highest BCUT2D eigenvalue weighted by molar-refractivity contribution is 5.79. The van der Waals surface area contributed by atoms with Crippen LogP contribution in [0.4, 0.5) is 4.79 Å². The molecule has 1 fully saturated rings. The van der Waals surface area contributed by atoms with E-state index in [1.54, 1.807) is 11.8 Å². The molecular formula is C17H24N2O3. The van der Waals surface area contributed by atoms with Crippen LogP contribution in [0, 0.1) is 5.92 Å². The molecule has 0 aromatic heterocycles. The first-order chi connectivity index (χ1) is 10.6. The van der Waals surface area contributed by atoms with E-state index in [-0.39, 0.29) is 24.0 Å². The van der Waals surface area contributed by atoms with Crippen molar-refractivity contribution in [3.05, 3.63) is 35.9 Å². The Morgan fingerprint density at radius 1 is 1.27 bits per heavy atom. The van der Waals surface area contributed by atoms with Crippen LogP contribution >= 0.6 is 0 Å². The summed E-state index contributed by atoms with van der Waals surface area (Å²) in [5.74, 6) is 0.0386. The van der Waals surface area contributed by atoms with E-state index in [2.05, 4.69) is 5.32 Å². The molecule has 0 spiro atoms. The molecule has 5 heteroatoms. The van der Waals surface area contributed by atoms with Gasteiger partial charge in [0, 0.05) is 19.0 Å². The Balaban J connectivity index is 1.81. The molecule has 22 heavy (non-hydrogen) atoms. The second-order valence-electron chi connectivity index (χ2n) is 5.60. The third kappa shape index (κ3) is 4.23. The summed E-state index contributed by atoms with van der Waals surface area (Å²) < 4.78 is 4.99. The highest BCUT2D eigenvalue weighted by Gasteiger charge is 2.28. The fourth-order valence-electron chi connectivity index (χ4n) is 2.70. The highest BCUT2D eigenvalue weighted by Crippen LogP contribution is 2.20. The molecule has 1 heterocycles. The number of rotatable bonds is 4. The van der Waals surface area contributed by atoms with Crippen LogP contribution in [0.2, 0.25) is 0 Å². The summed E-state index contributed by atoms with van der Waals surface area (Å²) in [5, 5.41) is 3.06.